The van der Waals surface area contributed by atoms with Crippen LogP contribution in [0.5, 0.6) is 11.5 Å². The highest BCUT2D eigenvalue weighted by Gasteiger charge is 2.45. The quantitative estimate of drug-likeness (QED) is 0.554. The second-order valence-corrected chi connectivity index (χ2v) is 10.6. The number of nitrogens with two attached hydrogens (primary N) is 1. The van der Waals surface area contributed by atoms with Gasteiger partial charge in [-0.3, -0.25) is 4.79 Å². The molecule has 0 aliphatic carbocycles. The number of rotatable bonds is 6. The summed E-state index contributed by atoms with van der Waals surface area (Å²) in [6.07, 6.45) is -0.289. The third-order valence-electron chi connectivity index (χ3n) is 4.93. The molecule has 2 rings (SSSR count). The molecule has 1 aromatic carbocycles. The number of ether oxygens (including phenoxy) is 2. The molecule has 7 nitrogen and oxygen atoms in total. The Morgan fingerprint density at radius 3 is 2.32 bits per heavy atom. The van der Waals surface area contributed by atoms with Gasteiger partial charge in [0.1, 0.15) is 0 Å². The van der Waals surface area contributed by atoms with Gasteiger partial charge in [0.05, 0.1) is 38.0 Å². The van der Waals surface area contributed by atoms with E-state index < -0.39 is 15.1 Å². The molecule has 1 radical (unpaired) electrons. The van der Waals surface area contributed by atoms with Gasteiger partial charge in [-0.15, -0.1) is 0 Å². The third kappa shape index (κ3) is 4.79. The predicted octanol–water partition coefficient (Wildman–Crippen LogP) is 2.54. The molecule has 1 saturated heterocycles. The van der Waals surface area contributed by atoms with Crippen LogP contribution in [0.15, 0.2) is 12.1 Å². The second kappa shape index (κ2) is 8.71. The average molecular weight is 410 g/mol. The highest BCUT2D eigenvalue weighted by Crippen LogP contribution is 2.37. The number of nitrogens with zero attached hydrogens (tertiary/aromatic N) is 1. The molecule has 1 aliphatic heterocycles. The van der Waals surface area contributed by atoms with Crippen LogP contribution in [0.2, 0.25) is 13.1 Å². The van der Waals surface area contributed by atoms with Crippen molar-refractivity contribution >= 4 is 20.6 Å². The van der Waals surface area contributed by atoms with Crippen LogP contribution in [0.4, 0.5) is 5.69 Å². The van der Waals surface area contributed by atoms with E-state index in [0.29, 0.717) is 29.2 Å². The van der Waals surface area contributed by atoms with E-state index in [1.165, 1.54) is 14.2 Å². The van der Waals surface area contributed by atoms with E-state index >= 15 is 0 Å². The Bertz CT molecular complexity index is 705. The number of likely N-dealkylation sites (tertiary alicyclic amines) is 1. The topological polar surface area (TPSA) is 94.3 Å². The summed E-state index contributed by atoms with van der Waals surface area (Å²) in [7, 11) is 2.04. The van der Waals surface area contributed by atoms with Crippen molar-refractivity contribution in [3.63, 3.8) is 0 Å². The van der Waals surface area contributed by atoms with E-state index in [1.54, 1.807) is 17.0 Å². The zero-order chi connectivity index (χ0) is 21.2. The average Bonchev–Trinajstić information content (AvgIpc) is 2.98. The van der Waals surface area contributed by atoms with Crippen LogP contribution >= 0.6 is 0 Å². The lowest BCUT2D eigenvalue weighted by atomic mass is 9.83. The first kappa shape index (κ1) is 22.5. The Morgan fingerprint density at radius 1 is 1.25 bits per heavy atom. The van der Waals surface area contributed by atoms with E-state index in [9.17, 15) is 9.90 Å². The standard InChI is InChI=1S/C20H33N2O5Si/c1-20(2,3)18(27-28(6)7)15-8-12(23)11-22(15)19(24)13-9-16(25-4)17(26-5)10-14(13)21/h9-10,12,15,18,23H,8,11,21H2,1-7H3/t12-,15+,18?/m1/s1. The lowest BCUT2D eigenvalue weighted by molar-refractivity contribution is 0.0137. The number of anilines is 1. The monoisotopic (exact) mass is 409 g/mol. The Kier molecular flexibility index (Phi) is 7.01. The molecule has 1 aliphatic rings. The zero-order valence-electron chi connectivity index (χ0n) is 17.9. The number of benzene rings is 1. The Hall–Kier alpha value is -1.77. The summed E-state index contributed by atoms with van der Waals surface area (Å²) in [5.41, 5.74) is 6.61. The summed E-state index contributed by atoms with van der Waals surface area (Å²) in [6, 6.07) is 2.96. The summed E-state index contributed by atoms with van der Waals surface area (Å²) in [5.74, 6) is 0.668. The summed E-state index contributed by atoms with van der Waals surface area (Å²) >= 11 is 0. The molecule has 1 aromatic rings. The van der Waals surface area contributed by atoms with Crippen LogP contribution in [-0.4, -0.2) is 64.0 Å². The van der Waals surface area contributed by atoms with Gasteiger partial charge in [0.25, 0.3) is 5.91 Å². The first-order chi connectivity index (χ1) is 13.0. The van der Waals surface area contributed by atoms with E-state index in [-0.39, 0.29) is 30.0 Å². The van der Waals surface area contributed by atoms with Gasteiger partial charge in [-0.1, -0.05) is 20.8 Å². The van der Waals surface area contributed by atoms with Crippen molar-refractivity contribution in [2.45, 2.75) is 58.5 Å². The maximum Gasteiger partial charge on any atom is 0.256 e. The van der Waals surface area contributed by atoms with Crippen molar-refractivity contribution < 1.29 is 23.8 Å². The molecule has 0 aromatic heterocycles. The number of carbonyl (C=O) groups excluding carboxylic acids is 1. The van der Waals surface area contributed by atoms with Crippen LogP contribution in [0.3, 0.4) is 0 Å². The van der Waals surface area contributed by atoms with Gasteiger partial charge < -0.3 is 29.6 Å². The number of amides is 1. The van der Waals surface area contributed by atoms with Crippen molar-refractivity contribution in [1.29, 1.82) is 0 Å². The molecule has 3 atom stereocenters. The lowest BCUT2D eigenvalue weighted by Gasteiger charge is -2.40. The smallest absolute Gasteiger partial charge is 0.256 e. The number of aliphatic hydroxyl groups is 1. The van der Waals surface area contributed by atoms with Gasteiger partial charge in [0.2, 0.25) is 9.04 Å². The maximum atomic E-state index is 13.4. The zero-order valence-corrected chi connectivity index (χ0v) is 18.9. The van der Waals surface area contributed by atoms with Crippen molar-refractivity contribution in [2.24, 2.45) is 5.41 Å². The SMILES string of the molecule is COc1cc(N)c(C(=O)N2C[C@H](O)C[C@H]2C(O[Si](C)C)C(C)(C)C)cc1OC. The normalized spacial score (nSPS) is 21.1. The molecule has 1 heterocycles. The van der Waals surface area contributed by atoms with E-state index in [0.717, 1.165) is 0 Å². The molecule has 0 spiro atoms. The first-order valence-corrected chi connectivity index (χ1v) is 11.9. The van der Waals surface area contributed by atoms with Crippen LogP contribution < -0.4 is 15.2 Å². The molecular formula is C20H33N2O5Si. The molecule has 0 bridgehead atoms. The highest BCUT2D eigenvalue weighted by atomic mass is 28.3. The number of carbonyl (C=O) groups is 1. The molecule has 1 amide bonds. The number of methoxy groups -OCH3 is 2. The number of hydrogen-bond donors (Lipinski definition) is 2. The van der Waals surface area contributed by atoms with E-state index in [1.807, 2.05) is 0 Å². The molecule has 28 heavy (non-hydrogen) atoms. The number of nitrogen functional groups attached to an aromatic ring is 1. The summed E-state index contributed by atoms with van der Waals surface area (Å²) < 4.78 is 16.9. The molecule has 8 heteroatoms. The predicted molar refractivity (Wildman–Crippen MR) is 111 cm³/mol. The third-order valence-corrected chi connectivity index (χ3v) is 5.66. The summed E-state index contributed by atoms with van der Waals surface area (Å²) in [5, 5.41) is 10.3. The summed E-state index contributed by atoms with van der Waals surface area (Å²) in [6.45, 7) is 10.7. The Morgan fingerprint density at radius 2 is 1.82 bits per heavy atom. The largest absolute Gasteiger partial charge is 0.493 e. The molecule has 3 N–H and O–H groups in total. The van der Waals surface area contributed by atoms with E-state index in [2.05, 4.69) is 33.9 Å². The van der Waals surface area contributed by atoms with Crippen LogP contribution in [0, 0.1) is 5.41 Å². The minimum absolute atomic E-state index is 0.182. The van der Waals surface area contributed by atoms with Crippen molar-refractivity contribution in [3.8, 4) is 11.5 Å². The van der Waals surface area contributed by atoms with Gasteiger partial charge in [-0.2, -0.15) is 0 Å². The Balaban J connectivity index is 2.42. The minimum atomic E-state index is -0.990. The molecule has 1 unspecified atom stereocenters. The fraction of sp³-hybridized carbons (Fsp3) is 0.650. The molecule has 1 fully saturated rings. The minimum Gasteiger partial charge on any atom is -0.493 e. The van der Waals surface area contributed by atoms with Gasteiger partial charge in [0, 0.05) is 18.3 Å². The lowest BCUT2D eigenvalue weighted by Crippen LogP contribution is -2.50. The summed E-state index contributed by atoms with van der Waals surface area (Å²) in [4.78, 5) is 15.1. The van der Waals surface area contributed by atoms with Crippen LogP contribution in [-0.2, 0) is 4.43 Å². The van der Waals surface area contributed by atoms with Gasteiger partial charge in [-0.25, -0.2) is 0 Å². The molecular weight excluding hydrogens is 376 g/mol. The van der Waals surface area contributed by atoms with Crippen LogP contribution in [0.1, 0.15) is 37.6 Å². The van der Waals surface area contributed by atoms with Crippen molar-refractivity contribution in [3.05, 3.63) is 17.7 Å². The van der Waals surface area contributed by atoms with Gasteiger partial charge >= 0.3 is 0 Å². The highest BCUT2D eigenvalue weighted by molar-refractivity contribution is 6.48. The fourth-order valence-corrected chi connectivity index (χ4v) is 4.70. The Labute approximate surface area is 169 Å². The van der Waals surface area contributed by atoms with Gasteiger partial charge in [0.15, 0.2) is 11.5 Å². The molecule has 157 valence electrons. The van der Waals surface area contributed by atoms with E-state index in [4.69, 9.17) is 19.6 Å². The first-order valence-electron chi connectivity index (χ1n) is 9.47. The fourth-order valence-electron chi connectivity index (χ4n) is 3.68. The maximum absolute atomic E-state index is 13.4. The molecule has 0 saturated carbocycles. The van der Waals surface area contributed by atoms with Crippen molar-refractivity contribution in [1.82, 2.24) is 4.90 Å². The number of β-amino-alcohol motifs (C(OH)–C–C–N with tert-alkyl or cyclic N) is 1. The van der Waals surface area contributed by atoms with Crippen LogP contribution in [0.25, 0.3) is 0 Å². The number of aliphatic hydroxyl groups excluding tert-OH is 1. The number of hydrogen-bond acceptors (Lipinski definition) is 6. The van der Waals surface area contributed by atoms with Gasteiger partial charge in [-0.05, 0) is 31.0 Å². The van der Waals surface area contributed by atoms with Crippen molar-refractivity contribution in [2.75, 3.05) is 26.5 Å². The second-order valence-electron chi connectivity index (χ2n) is 8.52.